The topological polar surface area (TPSA) is 59.5 Å². The summed E-state index contributed by atoms with van der Waals surface area (Å²) in [5.74, 6) is -3.99. The predicted octanol–water partition coefficient (Wildman–Crippen LogP) is 1.78. The van der Waals surface area contributed by atoms with Crippen LogP contribution in [0.15, 0.2) is 12.3 Å². The Labute approximate surface area is 120 Å². The molecule has 0 aliphatic carbocycles. The number of hydrogen-bond acceptors (Lipinski definition) is 4. The molecule has 1 atom stereocenters. The van der Waals surface area contributed by atoms with Crippen molar-refractivity contribution in [3.63, 3.8) is 0 Å². The zero-order valence-electron chi connectivity index (χ0n) is 11.6. The number of ether oxygens (including phenoxy) is 1. The molecule has 21 heavy (non-hydrogen) atoms. The van der Waals surface area contributed by atoms with E-state index in [1.807, 2.05) is 0 Å². The molecule has 1 saturated heterocycles. The number of amides is 1. The number of carbonyl (C=O) groups excluding carboxylic acids is 2. The van der Waals surface area contributed by atoms with Crippen molar-refractivity contribution in [3.8, 4) is 0 Å². The smallest absolute Gasteiger partial charge is 0.310 e. The maximum absolute atomic E-state index is 13.6. The van der Waals surface area contributed by atoms with E-state index in [4.69, 9.17) is 4.74 Å². The van der Waals surface area contributed by atoms with Gasteiger partial charge in [-0.1, -0.05) is 0 Å². The van der Waals surface area contributed by atoms with E-state index in [0.29, 0.717) is 19.4 Å². The Balaban J connectivity index is 2.12. The minimum atomic E-state index is -1.31. The van der Waals surface area contributed by atoms with E-state index in [2.05, 4.69) is 4.98 Å². The fourth-order valence-electron chi connectivity index (χ4n) is 2.37. The minimum Gasteiger partial charge on any atom is -0.466 e. The first-order valence-electron chi connectivity index (χ1n) is 6.80. The third kappa shape index (κ3) is 3.34. The molecule has 5 nitrogen and oxygen atoms in total. The van der Waals surface area contributed by atoms with Crippen LogP contribution in [0, 0.1) is 17.7 Å². The molecule has 1 amide bonds. The van der Waals surface area contributed by atoms with Gasteiger partial charge in [0.05, 0.1) is 18.1 Å². The Kier molecular flexibility index (Phi) is 4.82. The van der Waals surface area contributed by atoms with Gasteiger partial charge in [-0.05, 0) is 25.8 Å². The SMILES string of the molecule is CCOC(=O)[C@H]1CCCN(C(=O)c2ccnc(F)c2F)C1. The quantitative estimate of drug-likeness (QED) is 0.630. The molecule has 114 valence electrons. The molecule has 0 saturated carbocycles. The molecule has 0 radical (unpaired) electrons. The number of carbonyl (C=O) groups is 2. The molecule has 2 heterocycles. The third-order valence-corrected chi connectivity index (χ3v) is 3.41. The summed E-state index contributed by atoms with van der Waals surface area (Å²) >= 11 is 0. The summed E-state index contributed by atoms with van der Waals surface area (Å²) in [6.07, 6.45) is 2.28. The lowest BCUT2D eigenvalue weighted by Crippen LogP contribution is -2.43. The highest BCUT2D eigenvalue weighted by Crippen LogP contribution is 2.21. The Morgan fingerprint density at radius 1 is 1.48 bits per heavy atom. The fourth-order valence-corrected chi connectivity index (χ4v) is 2.37. The van der Waals surface area contributed by atoms with Gasteiger partial charge in [-0.2, -0.15) is 4.39 Å². The second-order valence-electron chi connectivity index (χ2n) is 4.81. The molecule has 0 N–H and O–H groups in total. The van der Waals surface area contributed by atoms with E-state index < -0.39 is 23.6 Å². The zero-order chi connectivity index (χ0) is 15.4. The molecule has 1 aromatic rings. The van der Waals surface area contributed by atoms with Gasteiger partial charge in [-0.25, -0.2) is 9.37 Å². The van der Waals surface area contributed by atoms with E-state index in [9.17, 15) is 18.4 Å². The molecule has 0 aromatic carbocycles. The first-order valence-corrected chi connectivity index (χ1v) is 6.80. The first kappa shape index (κ1) is 15.3. The summed E-state index contributed by atoms with van der Waals surface area (Å²) in [7, 11) is 0. The molecule has 0 spiro atoms. The fraction of sp³-hybridized carbons (Fsp3) is 0.500. The van der Waals surface area contributed by atoms with Crippen LogP contribution in [0.5, 0.6) is 0 Å². The van der Waals surface area contributed by atoms with Crippen LogP contribution < -0.4 is 0 Å². The van der Waals surface area contributed by atoms with Crippen molar-refractivity contribution in [2.75, 3.05) is 19.7 Å². The summed E-state index contributed by atoms with van der Waals surface area (Å²) in [6, 6.07) is 1.13. The zero-order valence-corrected chi connectivity index (χ0v) is 11.6. The lowest BCUT2D eigenvalue weighted by atomic mass is 9.97. The van der Waals surface area contributed by atoms with Crippen LogP contribution >= 0.6 is 0 Å². The van der Waals surface area contributed by atoms with Crippen LogP contribution in [-0.4, -0.2) is 41.5 Å². The Bertz CT molecular complexity index is 551. The molecule has 1 aliphatic rings. The van der Waals surface area contributed by atoms with Gasteiger partial charge < -0.3 is 9.64 Å². The maximum Gasteiger partial charge on any atom is 0.310 e. The number of likely N-dealkylation sites (tertiary alicyclic amines) is 1. The van der Waals surface area contributed by atoms with Crippen LogP contribution in [-0.2, 0) is 9.53 Å². The second kappa shape index (κ2) is 6.60. The summed E-state index contributed by atoms with van der Waals surface area (Å²) < 4.78 is 31.6. The summed E-state index contributed by atoms with van der Waals surface area (Å²) in [5, 5.41) is 0. The summed E-state index contributed by atoms with van der Waals surface area (Å²) in [5.41, 5.74) is -0.369. The van der Waals surface area contributed by atoms with Gasteiger partial charge >= 0.3 is 5.97 Å². The van der Waals surface area contributed by atoms with Gasteiger partial charge in [-0.15, -0.1) is 0 Å². The number of hydrogen-bond donors (Lipinski definition) is 0. The van der Waals surface area contributed by atoms with Crippen molar-refractivity contribution in [2.45, 2.75) is 19.8 Å². The monoisotopic (exact) mass is 298 g/mol. The lowest BCUT2D eigenvalue weighted by molar-refractivity contribution is -0.149. The van der Waals surface area contributed by atoms with Gasteiger partial charge in [0, 0.05) is 19.3 Å². The van der Waals surface area contributed by atoms with E-state index in [1.165, 1.54) is 4.90 Å². The van der Waals surface area contributed by atoms with Crippen molar-refractivity contribution >= 4 is 11.9 Å². The van der Waals surface area contributed by atoms with Crippen molar-refractivity contribution in [2.24, 2.45) is 5.92 Å². The maximum atomic E-state index is 13.6. The highest BCUT2D eigenvalue weighted by atomic mass is 19.2. The normalized spacial score (nSPS) is 18.4. The summed E-state index contributed by atoms with van der Waals surface area (Å²) in [4.78, 5) is 28.5. The van der Waals surface area contributed by atoms with E-state index in [0.717, 1.165) is 12.3 Å². The molecular weight excluding hydrogens is 282 g/mol. The van der Waals surface area contributed by atoms with Gasteiger partial charge in [-0.3, -0.25) is 9.59 Å². The number of rotatable bonds is 3. The Morgan fingerprint density at radius 3 is 2.95 bits per heavy atom. The standard InChI is InChI=1S/C14H16F2N2O3/c1-2-21-14(20)9-4-3-7-18(8-9)13(19)10-5-6-17-12(16)11(10)15/h5-6,9H,2-4,7-8H2,1H3/t9-/m0/s1. The molecule has 2 rings (SSSR count). The average Bonchev–Trinajstić information content (AvgIpc) is 2.50. The van der Waals surface area contributed by atoms with Gasteiger partial charge in [0.2, 0.25) is 5.95 Å². The van der Waals surface area contributed by atoms with Crippen LogP contribution in [0.2, 0.25) is 0 Å². The number of nitrogens with zero attached hydrogens (tertiary/aromatic N) is 2. The number of halogens is 2. The molecule has 1 fully saturated rings. The average molecular weight is 298 g/mol. The molecule has 0 bridgehead atoms. The Morgan fingerprint density at radius 2 is 2.24 bits per heavy atom. The van der Waals surface area contributed by atoms with Crippen LogP contribution in [0.3, 0.4) is 0 Å². The van der Waals surface area contributed by atoms with E-state index in [-0.39, 0.29) is 24.7 Å². The third-order valence-electron chi connectivity index (χ3n) is 3.41. The van der Waals surface area contributed by atoms with E-state index in [1.54, 1.807) is 6.92 Å². The highest BCUT2D eigenvalue weighted by molar-refractivity contribution is 5.94. The van der Waals surface area contributed by atoms with Crippen molar-refractivity contribution in [3.05, 3.63) is 29.6 Å². The highest BCUT2D eigenvalue weighted by Gasteiger charge is 2.31. The molecule has 7 heteroatoms. The van der Waals surface area contributed by atoms with Crippen molar-refractivity contribution in [1.82, 2.24) is 9.88 Å². The van der Waals surface area contributed by atoms with Crippen LogP contribution in [0.1, 0.15) is 30.1 Å². The first-order chi connectivity index (χ1) is 10.0. The molecule has 1 aromatic heterocycles. The number of piperidine rings is 1. The molecule has 1 aliphatic heterocycles. The largest absolute Gasteiger partial charge is 0.466 e. The Hall–Kier alpha value is -2.05. The minimum absolute atomic E-state index is 0.154. The molecular formula is C14H16F2N2O3. The van der Waals surface area contributed by atoms with Crippen molar-refractivity contribution < 1.29 is 23.1 Å². The van der Waals surface area contributed by atoms with Crippen LogP contribution in [0.25, 0.3) is 0 Å². The van der Waals surface area contributed by atoms with E-state index >= 15 is 0 Å². The number of pyridine rings is 1. The number of esters is 1. The lowest BCUT2D eigenvalue weighted by Gasteiger charge is -2.31. The van der Waals surface area contributed by atoms with Gasteiger partial charge in [0.25, 0.3) is 5.91 Å². The second-order valence-corrected chi connectivity index (χ2v) is 4.81. The van der Waals surface area contributed by atoms with Crippen LogP contribution in [0.4, 0.5) is 8.78 Å². The summed E-state index contributed by atoms with van der Waals surface area (Å²) in [6.45, 7) is 2.53. The predicted molar refractivity (Wildman–Crippen MR) is 69.4 cm³/mol. The number of aromatic nitrogens is 1. The molecule has 0 unspecified atom stereocenters. The van der Waals surface area contributed by atoms with Gasteiger partial charge in [0.1, 0.15) is 0 Å². The van der Waals surface area contributed by atoms with Gasteiger partial charge in [0.15, 0.2) is 5.82 Å². The van der Waals surface area contributed by atoms with Crippen molar-refractivity contribution in [1.29, 1.82) is 0 Å².